The molecule has 1 aliphatic heterocycles. The minimum atomic E-state index is 0.361. The molecule has 2 heteroatoms. The SMILES string of the molecule is CNC(CCN1CCCC(C)C1C)C(C)(C)C. The molecule has 0 aromatic carbocycles. The van der Waals surface area contributed by atoms with Gasteiger partial charge in [-0.05, 0) is 57.7 Å². The van der Waals surface area contributed by atoms with Crippen LogP contribution >= 0.6 is 0 Å². The zero-order valence-electron chi connectivity index (χ0n) is 12.7. The van der Waals surface area contributed by atoms with Crippen LogP contribution < -0.4 is 5.32 Å². The van der Waals surface area contributed by atoms with Gasteiger partial charge in [-0.25, -0.2) is 0 Å². The molecule has 0 aromatic heterocycles. The second-order valence-electron chi connectivity index (χ2n) is 6.89. The van der Waals surface area contributed by atoms with Gasteiger partial charge in [-0.1, -0.05) is 27.7 Å². The fourth-order valence-electron chi connectivity index (χ4n) is 3.04. The minimum Gasteiger partial charge on any atom is -0.316 e. The molecule has 0 spiro atoms. The van der Waals surface area contributed by atoms with Crippen LogP contribution in [0.5, 0.6) is 0 Å². The summed E-state index contributed by atoms with van der Waals surface area (Å²) in [7, 11) is 2.10. The molecule has 102 valence electrons. The quantitative estimate of drug-likeness (QED) is 0.812. The highest BCUT2D eigenvalue weighted by atomic mass is 15.2. The fraction of sp³-hybridized carbons (Fsp3) is 1.00. The van der Waals surface area contributed by atoms with Crippen molar-refractivity contribution in [2.45, 2.75) is 66.0 Å². The van der Waals surface area contributed by atoms with Gasteiger partial charge in [0.25, 0.3) is 0 Å². The van der Waals surface area contributed by atoms with Gasteiger partial charge in [0.2, 0.25) is 0 Å². The van der Waals surface area contributed by atoms with Gasteiger partial charge in [0.05, 0.1) is 0 Å². The first-order chi connectivity index (χ1) is 7.86. The second kappa shape index (κ2) is 6.19. The molecule has 1 saturated heterocycles. The third-order valence-corrected chi connectivity index (χ3v) is 4.60. The maximum atomic E-state index is 3.48. The van der Waals surface area contributed by atoms with E-state index in [1.54, 1.807) is 0 Å². The highest BCUT2D eigenvalue weighted by molar-refractivity contribution is 4.83. The predicted molar refractivity (Wildman–Crippen MR) is 76.4 cm³/mol. The summed E-state index contributed by atoms with van der Waals surface area (Å²) >= 11 is 0. The van der Waals surface area contributed by atoms with Crippen LogP contribution in [0.1, 0.15) is 53.9 Å². The van der Waals surface area contributed by atoms with Gasteiger partial charge >= 0.3 is 0 Å². The van der Waals surface area contributed by atoms with E-state index in [0.717, 1.165) is 12.0 Å². The molecular weight excluding hydrogens is 208 g/mol. The lowest BCUT2D eigenvalue weighted by atomic mass is 9.84. The first-order valence-electron chi connectivity index (χ1n) is 7.27. The fourth-order valence-corrected chi connectivity index (χ4v) is 3.04. The van der Waals surface area contributed by atoms with E-state index in [1.165, 1.54) is 32.4 Å². The van der Waals surface area contributed by atoms with Gasteiger partial charge in [0.1, 0.15) is 0 Å². The average Bonchev–Trinajstić information content (AvgIpc) is 2.23. The molecule has 0 amide bonds. The van der Waals surface area contributed by atoms with Crippen molar-refractivity contribution in [3.05, 3.63) is 0 Å². The summed E-state index contributed by atoms with van der Waals surface area (Å²) < 4.78 is 0. The minimum absolute atomic E-state index is 0.361. The third kappa shape index (κ3) is 4.26. The largest absolute Gasteiger partial charge is 0.316 e. The zero-order valence-corrected chi connectivity index (χ0v) is 12.7. The lowest BCUT2D eigenvalue weighted by Gasteiger charge is -2.40. The second-order valence-corrected chi connectivity index (χ2v) is 6.89. The maximum absolute atomic E-state index is 3.48. The van der Waals surface area contributed by atoms with E-state index in [9.17, 15) is 0 Å². The van der Waals surface area contributed by atoms with E-state index in [1.807, 2.05) is 0 Å². The number of hydrogen-bond acceptors (Lipinski definition) is 2. The van der Waals surface area contributed by atoms with E-state index < -0.39 is 0 Å². The van der Waals surface area contributed by atoms with Crippen molar-refractivity contribution in [1.29, 1.82) is 0 Å². The van der Waals surface area contributed by atoms with E-state index in [0.29, 0.717) is 11.5 Å². The summed E-state index contributed by atoms with van der Waals surface area (Å²) in [5.41, 5.74) is 0.361. The Morgan fingerprint density at radius 3 is 2.47 bits per heavy atom. The molecule has 1 N–H and O–H groups in total. The Labute approximate surface area is 108 Å². The summed E-state index contributed by atoms with van der Waals surface area (Å²) in [6.07, 6.45) is 4.05. The van der Waals surface area contributed by atoms with Gasteiger partial charge in [0.15, 0.2) is 0 Å². The molecule has 3 atom stereocenters. The van der Waals surface area contributed by atoms with Gasteiger partial charge in [-0.2, -0.15) is 0 Å². The monoisotopic (exact) mass is 240 g/mol. The molecule has 0 radical (unpaired) electrons. The van der Waals surface area contributed by atoms with Crippen LogP contribution in [-0.2, 0) is 0 Å². The van der Waals surface area contributed by atoms with E-state index >= 15 is 0 Å². The molecule has 17 heavy (non-hydrogen) atoms. The van der Waals surface area contributed by atoms with Crippen molar-refractivity contribution in [3.63, 3.8) is 0 Å². The molecule has 0 bridgehead atoms. The summed E-state index contributed by atoms with van der Waals surface area (Å²) in [5.74, 6) is 0.867. The highest BCUT2D eigenvalue weighted by Crippen LogP contribution is 2.25. The number of hydrogen-bond donors (Lipinski definition) is 1. The van der Waals surface area contributed by atoms with Crippen LogP contribution in [0.3, 0.4) is 0 Å². The molecule has 1 fully saturated rings. The van der Waals surface area contributed by atoms with Crippen LogP contribution in [-0.4, -0.2) is 37.1 Å². The Kier molecular flexibility index (Phi) is 5.46. The maximum Gasteiger partial charge on any atom is 0.0125 e. The van der Waals surface area contributed by atoms with Crippen LogP contribution in [0.25, 0.3) is 0 Å². The lowest BCUT2D eigenvalue weighted by Crippen LogP contribution is -2.46. The first-order valence-corrected chi connectivity index (χ1v) is 7.27. The lowest BCUT2D eigenvalue weighted by molar-refractivity contribution is 0.101. The Balaban J connectivity index is 2.43. The normalized spacial score (nSPS) is 29.3. The van der Waals surface area contributed by atoms with E-state index in [-0.39, 0.29) is 0 Å². The van der Waals surface area contributed by atoms with Crippen LogP contribution in [0, 0.1) is 11.3 Å². The third-order valence-electron chi connectivity index (χ3n) is 4.60. The Hall–Kier alpha value is -0.0800. The summed E-state index contributed by atoms with van der Waals surface area (Å²) in [6, 6.07) is 1.38. The Morgan fingerprint density at radius 1 is 1.29 bits per heavy atom. The molecule has 3 unspecified atom stereocenters. The number of nitrogens with zero attached hydrogens (tertiary/aromatic N) is 1. The van der Waals surface area contributed by atoms with Crippen LogP contribution in [0.2, 0.25) is 0 Å². The highest BCUT2D eigenvalue weighted by Gasteiger charge is 2.27. The topological polar surface area (TPSA) is 15.3 Å². The standard InChI is InChI=1S/C15H32N2/c1-12-8-7-10-17(13(12)2)11-9-14(16-6)15(3,4)5/h12-14,16H,7-11H2,1-6H3. The van der Waals surface area contributed by atoms with E-state index in [4.69, 9.17) is 0 Å². The van der Waals surface area contributed by atoms with Gasteiger partial charge in [0, 0.05) is 12.1 Å². The van der Waals surface area contributed by atoms with Gasteiger partial charge < -0.3 is 10.2 Å². The van der Waals surface area contributed by atoms with Gasteiger partial charge in [-0.15, -0.1) is 0 Å². The van der Waals surface area contributed by atoms with Crippen LogP contribution in [0.4, 0.5) is 0 Å². The van der Waals surface area contributed by atoms with Crippen molar-refractivity contribution in [2.75, 3.05) is 20.1 Å². The molecule has 1 rings (SSSR count). The number of rotatable bonds is 4. The smallest absolute Gasteiger partial charge is 0.0125 e. The van der Waals surface area contributed by atoms with E-state index in [2.05, 4.69) is 51.9 Å². The molecule has 0 aliphatic carbocycles. The zero-order chi connectivity index (χ0) is 13.1. The molecule has 0 saturated carbocycles. The number of likely N-dealkylation sites (tertiary alicyclic amines) is 1. The van der Waals surface area contributed by atoms with Crippen molar-refractivity contribution in [1.82, 2.24) is 10.2 Å². The average molecular weight is 240 g/mol. The van der Waals surface area contributed by atoms with Crippen LogP contribution in [0.15, 0.2) is 0 Å². The summed E-state index contributed by atoms with van der Waals surface area (Å²) in [5, 5.41) is 3.48. The molecule has 2 nitrogen and oxygen atoms in total. The van der Waals surface area contributed by atoms with Crippen molar-refractivity contribution < 1.29 is 0 Å². The first kappa shape index (κ1) is 15.0. The van der Waals surface area contributed by atoms with Crippen molar-refractivity contribution in [2.24, 2.45) is 11.3 Å². The molecule has 0 aromatic rings. The molecule has 1 heterocycles. The Morgan fingerprint density at radius 2 is 1.94 bits per heavy atom. The van der Waals surface area contributed by atoms with Gasteiger partial charge in [-0.3, -0.25) is 0 Å². The number of nitrogens with one attached hydrogen (secondary N) is 1. The molecular formula is C15H32N2. The predicted octanol–water partition coefficient (Wildman–Crippen LogP) is 3.13. The summed E-state index contributed by atoms with van der Waals surface area (Å²) in [6.45, 7) is 14.3. The molecule has 1 aliphatic rings. The number of piperidine rings is 1. The summed E-state index contributed by atoms with van der Waals surface area (Å²) in [4.78, 5) is 2.68. The van der Waals surface area contributed by atoms with Crippen molar-refractivity contribution >= 4 is 0 Å². The Bertz CT molecular complexity index is 219. The van der Waals surface area contributed by atoms with Crippen molar-refractivity contribution in [3.8, 4) is 0 Å².